The lowest BCUT2D eigenvalue weighted by molar-refractivity contribution is 0.264. The van der Waals surface area contributed by atoms with Crippen molar-refractivity contribution in [1.82, 2.24) is 0 Å². The predicted molar refractivity (Wildman–Crippen MR) is 48.4 cm³/mol. The fourth-order valence-electron chi connectivity index (χ4n) is 5.10. The van der Waals surface area contributed by atoms with Crippen LogP contribution in [0.1, 0.15) is 38.5 Å². The van der Waals surface area contributed by atoms with Gasteiger partial charge in [-0.2, -0.15) is 0 Å². The van der Waals surface area contributed by atoms with Gasteiger partial charge < -0.3 is 0 Å². The van der Waals surface area contributed by atoms with Crippen LogP contribution >= 0.6 is 0 Å². The Morgan fingerprint density at radius 3 is 1.83 bits per heavy atom. The maximum atomic E-state index is 2.09. The molecule has 0 amide bonds. The summed E-state index contributed by atoms with van der Waals surface area (Å²) in [6, 6.07) is 0. The van der Waals surface area contributed by atoms with Crippen LogP contribution in [0.15, 0.2) is 0 Å². The van der Waals surface area contributed by atoms with E-state index < -0.39 is 0 Å². The topological polar surface area (TPSA) is 0 Å². The van der Waals surface area contributed by atoms with E-state index in [-0.39, 0.29) is 0 Å². The normalized spacial score (nSPS) is 61.5. The van der Waals surface area contributed by atoms with Crippen molar-refractivity contribution >= 4 is 0 Å². The summed E-state index contributed by atoms with van der Waals surface area (Å²) in [5.74, 6) is 7.82. The fourth-order valence-corrected chi connectivity index (χ4v) is 5.10. The van der Waals surface area contributed by atoms with Crippen LogP contribution in [0.2, 0.25) is 0 Å². The van der Waals surface area contributed by atoms with Gasteiger partial charge in [0.25, 0.3) is 0 Å². The van der Waals surface area contributed by atoms with Crippen molar-refractivity contribution in [2.24, 2.45) is 29.6 Å². The first kappa shape index (κ1) is 6.45. The fraction of sp³-hybridized carbons (Fsp3) is 0.917. The van der Waals surface area contributed by atoms with E-state index in [2.05, 4.69) is 5.92 Å². The van der Waals surface area contributed by atoms with Crippen molar-refractivity contribution in [3.05, 3.63) is 5.92 Å². The number of hydrogen-bond donors (Lipinski definition) is 0. The molecule has 12 heavy (non-hydrogen) atoms. The molecule has 0 spiro atoms. The Labute approximate surface area is 74.7 Å². The van der Waals surface area contributed by atoms with Gasteiger partial charge in [0.05, 0.1) is 0 Å². The second-order valence-electron chi connectivity index (χ2n) is 5.57. The minimum atomic E-state index is 1.12. The molecule has 4 bridgehead atoms. The molecule has 0 aromatic heterocycles. The molecule has 0 saturated heterocycles. The standard InChI is InChI=1S/C12H17/c1-2-8-5-7(1)11-9-3-4-10(6-9)12(8)11/h7-11H,1-6H2. The van der Waals surface area contributed by atoms with E-state index in [0.29, 0.717) is 0 Å². The van der Waals surface area contributed by atoms with Crippen molar-refractivity contribution in [2.75, 3.05) is 0 Å². The average Bonchev–Trinajstić information content (AvgIpc) is 2.83. The van der Waals surface area contributed by atoms with E-state index in [1.807, 2.05) is 0 Å². The minimum Gasteiger partial charge on any atom is -0.0499 e. The summed E-state index contributed by atoms with van der Waals surface area (Å²) in [6.45, 7) is 0. The Morgan fingerprint density at radius 2 is 1.33 bits per heavy atom. The molecule has 65 valence electrons. The van der Waals surface area contributed by atoms with Gasteiger partial charge >= 0.3 is 0 Å². The highest BCUT2D eigenvalue weighted by atomic mass is 14.6. The molecule has 0 nitrogen and oxygen atoms in total. The maximum absolute atomic E-state index is 2.09. The molecule has 0 aromatic rings. The largest absolute Gasteiger partial charge is 0.0499 e. The van der Waals surface area contributed by atoms with Crippen LogP contribution in [0.5, 0.6) is 0 Å². The van der Waals surface area contributed by atoms with Crippen molar-refractivity contribution < 1.29 is 0 Å². The zero-order chi connectivity index (χ0) is 7.71. The van der Waals surface area contributed by atoms with Crippen LogP contribution in [0.3, 0.4) is 0 Å². The van der Waals surface area contributed by atoms with Crippen molar-refractivity contribution in [1.29, 1.82) is 0 Å². The minimum absolute atomic E-state index is 1.12. The molecule has 4 unspecified atom stereocenters. The second-order valence-corrected chi connectivity index (χ2v) is 5.57. The summed E-state index contributed by atoms with van der Waals surface area (Å²) < 4.78 is 0. The number of hydrogen-bond acceptors (Lipinski definition) is 0. The molecule has 4 saturated carbocycles. The third kappa shape index (κ3) is 0.561. The van der Waals surface area contributed by atoms with E-state index in [9.17, 15) is 0 Å². The molecule has 0 heteroatoms. The van der Waals surface area contributed by atoms with E-state index >= 15 is 0 Å². The molecule has 4 fully saturated rings. The predicted octanol–water partition coefficient (Wildman–Crippen LogP) is 3.04. The Balaban J connectivity index is 1.77. The summed E-state index contributed by atoms with van der Waals surface area (Å²) in [5.41, 5.74) is 0. The van der Waals surface area contributed by atoms with Crippen LogP contribution in [0, 0.1) is 35.5 Å². The van der Waals surface area contributed by atoms with E-state index in [1.54, 1.807) is 38.5 Å². The van der Waals surface area contributed by atoms with Gasteiger partial charge in [-0.3, -0.25) is 0 Å². The van der Waals surface area contributed by atoms with E-state index in [4.69, 9.17) is 0 Å². The Kier molecular flexibility index (Phi) is 1.03. The van der Waals surface area contributed by atoms with E-state index in [0.717, 1.165) is 17.8 Å². The van der Waals surface area contributed by atoms with Crippen LogP contribution in [-0.4, -0.2) is 0 Å². The molecular weight excluding hydrogens is 144 g/mol. The van der Waals surface area contributed by atoms with Gasteiger partial charge in [-0.25, -0.2) is 0 Å². The van der Waals surface area contributed by atoms with Gasteiger partial charge in [-0.05, 0) is 74.0 Å². The SMILES string of the molecule is C1CC2CC1[C]1C3CCC(C3)C12. The molecule has 4 rings (SSSR count). The Bertz CT molecular complexity index is 176. The van der Waals surface area contributed by atoms with Gasteiger partial charge in [-0.1, -0.05) is 0 Å². The summed E-state index contributed by atoms with van der Waals surface area (Å²) in [4.78, 5) is 0. The summed E-state index contributed by atoms with van der Waals surface area (Å²) in [7, 11) is 0. The van der Waals surface area contributed by atoms with Gasteiger partial charge in [0.15, 0.2) is 0 Å². The lowest BCUT2D eigenvalue weighted by Crippen LogP contribution is -2.26. The highest BCUT2D eigenvalue weighted by Gasteiger charge is 2.59. The Hall–Kier alpha value is 0. The first-order chi connectivity index (χ1) is 5.93. The average molecular weight is 161 g/mol. The summed E-state index contributed by atoms with van der Waals surface area (Å²) in [5, 5.41) is 0. The van der Waals surface area contributed by atoms with Crippen molar-refractivity contribution in [2.45, 2.75) is 38.5 Å². The first-order valence-corrected chi connectivity index (χ1v) is 5.80. The second kappa shape index (κ2) is 1.91. The summed E-state index contributed by atoms with van der Waals surface area (Å²) in [6.07, 6.45) is 9.52. The lowest BCUT2D eigenvalue weighted by atomic mass is 9.71. The van der Waals surface area contributed by atoms with Gasteiger partial charge in [0.2, 0.25) is 0 Å². The molecule has 0 aliphatic heterocycles. The smallest absolute Gasteiger partial charge is 0.0142 e. The zero-order valence-corrected chi connectivity index (χ0v) is 7.63. The number of fused-ring (bicyclic) bond motifs is 9. The van der Waals surface area contributed by atoms with Crippen LogP contribution < -0.4 is 0 Å². The molecular formula is C12H17. The zero-order valence-electron chi connectivity index (χ0n) is 7.63. The van der Waals surface area contributed by atoms with Gasteiger partial charge in [0, 0.05) is 0 Å². The summed E-state index contributed by atoms with van der Waals surface area (Å²) >= 11 is 0. The highest BCUT2D eigenvalue weighted by Crippen LogP contribution is 2.68. The van der Waals surface area contributed by atoms with Gasteiger partial charge in [0.1, 0.15) is 0 Å². The molecule has 0 N–H and O–H groups in total. The third-order valence-electron chi connectivity index (χ3n) is 5.29. The lowest BCUT2D eigenvalue weighted by Gasteiger charge is -2.33. The molecule has 1 radical (unpaired) electrons. The van der Waals surface area contributed by atoms with E-state index in [1.165, 1.54) is 11.8 Å². The van der Waals surface area contributed by atoms with Crippen molar-refractivity contribution in [3.8, 4) is 0 Å². The third-order valence-corrected chi connectivity index (χ3v) is 5.29. The van der Waals surface area contributed by atoms with Crippen LogP contribution in [0.25, 0.3) is 0 Å². The highest BCUT2D eigenvalue weighted by molar-refractivity contribution is 5.24. The molecule has 0 heterocycles. The van der Waals surface area contributed by atoms with Gasteiger partial charge in [-0.15, -0.1) is 0 Å². The molecule has 0 aromatic carbocycles. The molecule has 4 aliphatic carbocycles. The van der Waals surface area contributed by atoms with Crippen molar-refractivity contribution in [3.63, 3.8) is 0 Å². The Morgan fingerprint density at radius 1 is 0.750 bits per heavy atom. The maximum Gasteiger partial charge on any atom is -0.0142 e. The first-order valence-electron chi connectivity index (χ1n) is 5.80. The quantitative estimate of drug-likeness (QED) is 0.479. The molecule has 4 atom stereocenters. The van der Waals surface area contributed by atoms with Crippen LogP contribution in [0.4, 0.5) is 0 Å². The molecule has 4 aliphatic rings. The monoisotopic (exact) mass is 161 g/mol. The van der Waals surface area contributed by atoms with Crippen LogP contribution in [-0.2, 0) is 0 Å². The number of rotatable bonds is 0.